The molecule has 0 unspecified atom stereocenters. The molecule has 0 aromatic rings. The van der Waals surface area contributed by atoms with E-state index in [2.05, 4.69) is 18.2 Å². The Hall–Kier alpha value is -0.801. The molecule has 25 heavy (non-hydrogen) atoms. The van der Waals surface area contributed by atoms with Crippen molar-refractivity contribution in [1.82, 2.24) is 0 Å². The van der Waals surface area contributed by atoms with Crippen LogP contribution in [0.4, 0.5) is 0 Å². The minimum Gasteiger partial charge on any atom is -0.550 e. The Labute approximate surface area is 165 Å². The third-order valence-corrected chi connectivity index (χ3v) is 3.85. The molecule has 5 heteroatoms. The molecule has 0 amide bonds. The number of carboxylic acid groups (broad SMARTS) is 1. The number of rotatable bonds is 15. The molecule has 0 bridgehead atoms. The molecule has 0 atom stereocenters. The van der Waals surface area contributed by atoms with Gasteiger partial charge in [0.25, 0.3) is 0 Å². The molecule has 152 valence electrons. The van der Waals surface area contributed by atoms with Crippen LogP contribution in [-0.4, -0.2) is 19.0 Å². The normalized spacial score (nSPS) is 9.36. The minimum absolute atomic E-state index is 0. The van der Waals surface area contributed by atoms with E-state index in [-0.39, 0.29) is 23.5 Å². The van der Waals surface area contributed by atoms with Gasteiger partial charge in [-0.15, -0.1) is 0 Å². The van der Waals surface area contributed by atoms with Crippen molar-refractivity contribution in [2.24, 2.45) is 0 Å². The number of methoxy groups -OCH3 is 1. The first kappa shape index (κ1) is 29.0. The molecule has 0 saturated heterocycles. The summed E-state index contributed by atoms with van der Waals surface area (Å²) in [4.78, 5) is 20.0. The molecule has 0 aromatic carbocycles. The summed E-state index contributed by atoms with van der Waals surface area (Å²) in [5, 5.41) is 10.2. The van der Waals surface area contributed by atoms with E-state index in [1.165, 1.54) is 77.7 Å². The fourth-order valence-electron chi connectivity index (χ4n) is 2.37. The zero-order chi connectivity index (χ0) is 18.5. The van der Waals surface area contributed by atoms with Gasteiger partial charge in [0.05, 0.1) is 7.11 Å². The number of hydrogen-bond donors (Lipinski definition) is 0. The van der Waals surface area contributed by atoms with E-state index in [4.69, 9.17) is 0 Å². The van der Waals surface area contributed by atoms with Gasteiger partial charge in [-0.3, -0.25) is 0 Å². The first-order valence-electron chi connectivity index (χ1n) is 9.48. The Morgan fingerprint density at radius 3 is 1.44 bits per heavy atom. The monoisotopic (exact) mass is 404 g/mol. The van der Waals surface area contributed by atoms with E-state index in [1.807, 2.05) is 0 Å². The van der Waals surface area contributed by atoms with Gasteiger partial charge in [-0.2, -0.15) is 0 Å². The summed E-state index contributed by atoms with van der Waals surface area (Å²) in [6, 6.07) is 0. The van der Waals surface area contributed by atoms with E-state index >= 15 is 0 Å². The fraction of sp³-hybridized carbons (Fsp3) is 0.800. The molecule has 0 spiro atoms. The molecule has 0 saturated carbocycles. The molecule has 0 radical (unpaired) electrons. The molecule has 0 aliphatic heterocycles. The maximum atomic E-state index is 10.2. The number of aliphatic carboxylic acids is 1. The summed E-state index contributed by atoms with van der Waals surface area (Å²) in [5.41, 5.74) is 0. The van der Waals surface area contributed by atoms with Crippen molar-refractivity contribution in [2.75, 3.05) is 7.11 Å². The second-order valence-corrected chi connectivity index (χ2v) is 6.09. The summed E-state index contributed by atoms with van der Waals surface area (Å²) < 4.78 is 4.14. The Balaban J connectivity index is -0.000000592. The molecular weight excluding hydrogens is 368 g/mol. The summed E-state index contributed by atoms with van der Waals surface area (Å²) in [7, 11) is 1.31. The Kier molecular flexibility index (Phi) is 29.5. The number of esters is 1. The average molecular weight is 405 g/mol. The van der Waals surface area contributed by atoms with Crippen LogP contribution in [0.1, 0.15) is 96.8 Å². The molecule has 4 nitrogen and oxygen atoms in total. The van der Waals surface area contributed by atoms with Crippen LogP contribution >= 0.6 is 0 Å². The van der Waals surface area contributed by atoms with Gasteiger partial charge in [0.15, 0.2) is 0 Å². The van der Waals surface area contributed by atoms with Crippen molar-refractivity contribution in [3.63, 3.8) is 0 Å². The van der Waals surface area contributed by atoms with Crippen molar-refractivity contribution in [2.45, 2.75) is 96.8 Å². The maximum absolute atomic E-state index is 10.2. The first-order chi connectivity index (χ1) is 11.6. The van der Waals surface area contributed by atoms with Crippen LogP contribution < -0.4 is 5.11 Å². The van der Waals surface area contributed by atoms with Crippen molar-refractivity contribution in [1.29, 1.82) is 0 Å². The van der Waals surface area contributed by atoms with Crippen LogP contribution in [0.15, 0.2) is 12.7 Å². The number of unbranched alkanes of at least 4 members (excludes halogenated alkanes) is 12. The van der Waals surface area contributed by atoms with Crippen LogP contribution in [0.2, 0.25) is 0 Å². The van der Waals surface area contributed by atoms with E-state index in [1.54, 1.807) is 0 Å². The molecule has 0 aliphatic rings. The van der Waals surface area contributed by atoms with E-state index < -0.39 is 11.9 Å². The first-order valence-corrected chi connectivity index (χ1v) is 9.48. The number of carboxylic acids is 1. The van der Waals surface area contributed by atoms with Crippen LogP contribution in [-0.2, 0) is 31.4 Å². The molecule has 0 heterocycles. The van der Waals surface area contributed by atoms with Gasteiger partial charge in [0.2, 0.25) is 0 Å². The SMILES string of the molecule is C=CC(=O)OC.CCCCCCCCCCCCCCCC(=O)[O-].[Cu+]. The summed E-state index contributed by atoms with van der Waals surface area (Å²) in [6.45, 7) is 5.41. The number of ether oxygens (including phenoxy) is 1. The molecule has 0 N–H and O–H groups in total. The van der Waals surface area contributed by atoms with Crippen molar-refractivity contribution in [3.05, 3.63) is 12.7 Å². The smallest absolute Gasteiger partial charge is 0.550 e. The molecule has 0 aliphatic carbocycles. The van der Waals surface area contributed by atoms with Crippen molar-refractivity contribution >= 4 is 11.9 Å². The molecule has 0 fully saturated rings. The van der Waals surface area contributed by atoms with E-state index in [0.717, 1.165) is 18.9 Å². The van der Waals surface area contributed by atoms with Gasteiger partial charge >= 0.3 is 23.0 Å². The second kappa shape index (κ2) is 25.4. The van der Waals surface area contributed by atoms with Crippen molar-refractivity contribution in [3.8, 4) is 0 Å². The van der Waals surface area contributed by atoms with Crippen LogP contribution in [0, 0.1) is 0 Å². The van der Waals surface area contributed by atoms with Crippen LogP contribution in [0.5, 0.6) is 0 Å². The van der Waals surface area contributed by atoms with E-state index in [0.29, 0.717) is 0 Å². The van der Waals surface area contributed by atoms with Gasteiger partial charge in [-0.1, -0.05) is 90.6 Å². The standard InChI is InChI=1S/C16H32O2.C4H6O2.Cu/c1-2-3-4-5-6-7-8-9-10-11-12-13-14-15-16(17)18;1-3-4(5)6-2;/h2-15H2,1H3,(H,17,18);3H,1H2,2H3;/q;;+1/p-1. The predicted octanol–water partition coefficient (Wildman–Crippen LogP) is 4.56. The zero-order valence-electron chi connectivity index (χ0n) is 16.1. The summed E-state index contributed by atoms with van der Waals surface area (Å²) in [6.07, 6.45) is 18.0. The predicted molar refractivity (Wildman–Crippen MR) is 97.5 cm³/mol. The van der Waals surface area contributed by atoms with Gasteiger partial charge in [0, 0.05) is 12.0 Å². The number of hydrogen-bond acceptors (Lipinski definition) is 4. The summed E-state index contributed by atoms with van der Waals surface area (Å²) in [5.74, 6) is -1.30. The van der Waals surface area contributed by atoms with Crippen molar-refractivity contribution < 1.29 is 36.5 Å². The maximum Gasteiger partial charge on any atom is 1.00 e. The van der Waals surface area contributed by atoms with E-state index in [9.17, 15) is 14.7 Å². The van der Waals surface area contributed by atoms with Gasteiger partial charge < -0.3 is 14.6 Å². The van der Waals surface area contributed by atoms with Gasteiger partial charge in [-0.05, 0) is 12.8 Å². The minimum atomic E-state index is -0.905. The Morgan fingerprint density at radius 2 is 1.20 bits per heavy atom. The topological polar surface area (TPSA) is 66.4 Å². The largest absolute Gasteiger partial charge is 1.00 e. The average Bonchev–Trinajstić information content (AvgIpc) is 2.58. The Bertz CT molecular complexity index is 306. The third-order valence-electron chi connectivity index (χ3n) is 3.85. The fourth-order valence-corrected chi connectivity index (χ4v) is 2.37. The second-order valence-electron chi connectivity index (χ2n) is 6.09. The Morgan fingerprint density at radius 1 is 0.840 bits per heavy atom. The molecule has 0 aromatic heterocycles. The zero-order valence-corrected chi connectivity index (χ0v) is 17.1. The number of carbonyl (C=O) groups is 2. The molecule has 0 rings (SSSR count). The van der Waals surface area contributed by atoms with Crippen LogP contribution in [0.25, 0.3) is 0 Å². The summed E-state index contributed by atoms with van der Waals surface area (Å²) >= 11 is 0. The van der Waals surface area contributed by atoms with Gasteiger partial charge in [0.1, 0.15) is 0 Å². The number of carbonyl (C=O) groups excluding carboxylic acids is 2. The third kappa shape index (κ3) is 31.5. The molecular formula is C20H37CuO4. The van der Waals surface area contributed by atoms with Crippen LogP contribution in [0.3, 0.4) is 0 Å². The van der Waals surface area contributed by atoms with Gasteiger partial charge in [-0.25, -0.2) is 4.79 Å². The quantitative estimate of drug-likeness (QED) is 0.173.